The minimum absolute atomic E-state index is 0.109. The fourth-order valence-corrected chi connectivity index (χ4v) is 3.63. The van der Waals surface area contributed by atoms with Crippen molar-refractivity contribution in [3.8, 4) is 0 Å². The number of hydrogen-bond acceptors (Lipinski definition) is 5. The Bertz CT molecular complexity index is 641. The molecule has 1 aromatic heterocycles. The SMILES string of the molecule is O=[N+]([O-])c1ccc(NC2CCSCC2)c2ccncc12. The van der Waals surface area contributed by atoms with Gasteiger partial charge in [0.05, 0.1) is 10.3 Å². The van der Waals surface area contributed by atoms with E-state index < -0.39 is 0 Å². The number of hydrogen-bond donors (Lipinski definition) is 1. The highest BCUT2D eigenvalue weighted by Gasteiger charge is 2.18. The molecule has 3 rings (SSSR count). The number of non-ortho nitro benzene ring substituents is 1. The number of nitro benzene ring substituents is 1. The van der Waals surface area contributed by atoms with Gasteiger partial charge in [-0.1, -0.05) is 0 Å². The molecular weight excluding hydrogens is 274 g/mol. The van der Waals surface area contributed by atoms with E-state index in [9.17, 15) is 10.1 Å². The van der Waals surface area contributed by atoms with Gasteiger partial charge < -0.3 is 5.32 Å². The van der Waals surface area contributed by atoms with Crippen molar-refractivity contribution >= 4 is 33.9 Å². The van der Waals surface area contributed by atoms with Crippen LogP contribution in [0.5, 0.6) is 0 Å². The van der Waals surface area contributed by atoms with Gasteiger partial charge in [0, 0.05) is 35.6 Å². The van der Waals surface area contributed by atoms with Gasteiger partial charge >= 0.3 is 0 Å². The summed E-state index contributed by atoms with van der Waals surface area (Å²) in [5.74, 6) is 2.34. The van der Waals surface area contributed by atoms with Gasteiger partial charge in [0.1, 0.15) is 0 Å². The smallest absolute Gasteiger partial charge is 0.278 e. The van der Waals surface area contributed by atoms with E-state index in [4.69, 9.17) is 0 Å². The number of benzene rings is 1. The van der Waals surface area contributed by atoms with Crippen LogP contribution in [0.15, 0.2) is 30.6 Å². The first-order valence-electron chi connectivity index (χ1n) is 6.61. The number of anilines is 1. The highest BCUT2D eigenvalue weighted by Crippen LogP contribution is 2.32. The maximum Gasteiger partial charge on any atom is 0.278 e. The second kappa shape index (κ2) is 5.66. The van der Waals surface area contributed by atoms with Gasteiger partial charge in [-0.3, -0.25) is 15.1 Å². The largest absolute Gasteiger partial charge is 0.382 e. The summed E-state index contributed by atoms with van der Waals surface area (Å²) in [4.78, 5) is 14.7. The number of pyridine rings is 1. The Kier molecular flexibility index (Phi) is 3.73. The highest BCUT2D eigenvalue weighted by molar-refractivity contribution is 7.99. The number of thioether (sulfide) groups is 1. The minimum atomic E-state index is -0.356. The zero-order valence-corrected chi connectivity index (χ0v) is 11.7. The first-order chi connectivity index (χ1) is 9.75. The number of nitrogens with zero attached hydrogens (tertiary/aromatic N) is 2. The van der Waals surface area contributed by atoms with Crippen LogP contribution >= 0.6 is 11.8 Å². The molecule has 0 saturated carbocycles. The fourth-order valence-electron chi connectivity index (χ4n) is 2.52. The van der Waals surface area contributed by atoms with Gasteiger partial charge in [-0.2, -0.15) is 11.8 Å². The maximum absolute atomic E-state index is 11.1. The van der Waals surface area contributed by atoms with Crippen LogP contribution < -0.4 is 5.32 Å². The number of rotatable bonds is 3. The normalized spacial score (nSPS) is 16.2. The second-order valence-electron chi connectivity index (χ2n) is 4.84. The van der Waals surface area contributed by atoms with Gasteiger partial charge in [-0.15, -0.1) is 0 Å². The van der Waals surface area contributed by atoms with E-state index in [2.05, 4.69) is 10.3 Å². The van der Waals surface area contributed by atoms with Crippen molar-refractivity contribution in [2.45, 2.75) is 18.9 Å². The predicted octanol–water partition coefficient (Wildman–Crippen LogP) is 3.45. The number of fused-ring (bicyclic) bond motifs is 1. The lowest BCUT2D eigenvalue weighted by Gasteiger charge is -2.24. The Morgan fingerprint density at radius 2 is 2.05 bits per heavy atom. The molecule has 0 unspecified atom stereocenters. The van der Waals surface area contributed by atoms with Crippen LogP contribution in [0.1, 0.15) is 12.8 Å². The minimum Gasteiger partial charge on any atom is -0.382 e. The van der Waals surface area contributed by atoms with Crippen LogP contribution in [0.3, 0.4) is 0 Å². The van der Waals surface area contributed by atoms with Gasteiger partial charge in [0.15, 0.2) is 0 Å². The monoisotopic (exact) mass is 289 g/mol. The molecule has 0 aliphatic carbocycles. The quantitative estimate of drug-likeness (QED) is 0.692. The van der Waals surface area contributed by atoms with Crippen LogP contribution in [-0.4, -0.2) is 27.5 Å². The standard InChI is InChI=1S/C14H15N3O2S/c18-17(19)14-2-1-13(11-3-6-15-9-12(11)14)16-10-4-7-20-8-5-10/h1-3,6,9-10,16H,4-5,7-8H2. The van der Waals surface area contributed by atoms with E-state index in [0.717, 1.165) is 23.9 Å². The van der Waals surface area contributed by atoms with Crippen molar-refractivity contribution < 1.29 is 4.92 Å². The van der Waals surface area contributed by atoms with Crippen molar-refractivity contribution in [1.29, 1.82) is 0 Å². The van der Waals surface area contributed by atoms with Crippen LogP contribution in [0.4, 0.5) is 11.4 Å². The summed E-state index contributed by atoms with van der Waals surface area (Å²) >= 11 is 1.98. The molecule has 1 fully saturated rings. The molecule has 104 valence electrons. The molecule has 1 saturated heterocycles. The lowest BCUT2D eigenvalue weighted by Crippen LogP contribution is -2.24. The number of nitro groups is 1. The van der Waals surface area contributed by atoms with Crippen LogP contribution in [0.2, 0.25) is 0 Å². The summed E-state index contributed by atoms with van der Waals surface area (Å²) in [5.41, 5.74) is 1.07. The maximum atomic E-state index is 11.1. The lowest BCUT2D eigenvalue weighted by molar-refractivity contribution is -0.383. The molecule has 5 nitrogen and oxygen atoms in total. The van der Waals surface area contributed by atoms with E-state index in [1.54, 1.807) is 18.5 Å². The Morgan fingerprint density at radius 3 is 2.80 bits per heavy atom. The molecular formula is C14H15N3O2S. The van der Waals surface area contributed by atoms with Crippen LogP contribution in [-0.2, 0) is 0 Å². The van der Waals surface area contributed by atoms with E-state index >= 15 is 0 Å². The summed E-state index contributed by atoms with van der Waals surface area (Å²) < 4.78 is 0. The zero-order valence-electron chi connectivity index (χ0n) is 10.9. The van der Waals surface area contributed by atoms with Gasteiger partial charge in [-0.05, 0) is 36.5 Å². The topological polar surface area (TPSA) is 68.1 Å². The van der Waals surface area contributed by atoms with E-state index in [0.29, 0.717) is 11.4 Å². The van der Waals surface area contributed by atoms with Crippen LogP contribution in [0, 0.1) is 10.1 Å². The fraction of sp³-hybridized carbons (Fsp3) is 0.357. The molecule has 1 aliphatic rings. The third-order valence-corrected chi connectivity index (χ3v) is 4.62. The van der Waals surface area contributed by atoms with Crippen molar-refractivity contribution in [3.63, 3.8) is 0 Å². The molecule has 0 spiro atoms. The molecule has 0 atom stereocenters. The van der Waals surface area contributed by atoms with Gasteiger partial charge in [-0.25, -0.2) is 0 Å². The average Bonchev–Trinajstić information content (AvgIpc) is 2.48. The Morgan fingerprint density at radius 1 is 1.25 bits per heavy atom. The Balaban J connectivity index is 1.99. The molecule has 2 heterocycles. The first-order valence-corrected chi connectivity index (χ1v) is 7.76. The molecule has 0 bridgehead atoms. The predicted molar refractivity (Wildman–Crippen MR) is 82.4 cm³/mol. The van der Waals surface area contributed by atoms with Crippen molar-refractivity contribution in [1.82, 2.24) is 4.98 Å². The van der Waals surface area contributed by atoms with Crippen molar-refractivity contribution in [2.24, 2.45) is 0 Å². The second-order valence-corrected chi connectivity index (χ2v) is 6.07. The summed E-state index contributed by atoms with van der Waals surface area (Å²) in [6.45, 7) is 0. The molecule has 0 radical (unpaired) electrons. The third-order valence-electron chi connectivity index (χ3n) is 3.57. The lowest BCUT2D eigenvalue weighted by atomic mass is 10.1. The van der Waals surface area contributed by atoms with Gasteiger partial charge in [0.2, 0.25) is 0 Å². The first kappa shape index (κ1) is 13.2. The third kappa shape index (κ3) is 2.56. The van der Waals surface area contributed by atoms with E-state index in [-0.39, 0.29) is 10.6 Å². The van der Waals surface area contributed by atoms with Crippen LogP contribution in [0.25, 0.3) is 10.8 Å². The summed E-state index contributed by atoms with van der Waals surface area (Å²) in [5, 5.41) is 16.1. The summed E-state index contributed by atoms with van der Waals surface area (Å²) in [7, 11) is 0. The number of aromatic nitrogens is 1. The molecule has 2 aromatic rings. The Hall–Kier alpha value is -1.82. The summed E-state index contributed by atoms with van der Waals surface area (Å²) in [6, 6.07) is 5.66. The molecule has 20 heavy (non-hydrogen) atoms. The molecule has 6 heteroatoms. The van der Waals surface area contributed by atoms with E-state index in [1.165, 1.54) is 11.5 Å². The zero-order chi connectivity index (χ0) is 13.9. The molecule has 0 amide bonds. The van der Waals surface area contributed by atoms with E-state index in [1.807, 2.05) is 23.9 Å². The van der Waals surface area contributed by atoms with Gasteiger partial charge in [0.25, 0.3) is 5.69 Å². The number of nitrogens with one attached hydrogen (secondary N) is 1. The molecule has 1 N–H and O–H groups in total. The molecule has 1 aliphatic heterocycles. The summed E-state index contributed by atoms with van der Waals surface area (Å²) in [6.07, 6.45) is 5.51. The average molecular weight is 289 g/mol. The Labute approximate surface area is 120 Å². The van der Waals surface area contributed by atoms with Crippen molar-refractivity contribution in [2.75, 3.05) is 16.8 Å². The van der Waals surface area contributed by atoms with Crippen molar-refractivity contribution in [3.05, 3.63) is 40.7 Å². The molecule has 1 aromatic carbocycles. The highest BCUT2D eigenvalue weighted by atomic mass is 32.2.